The lowest BCUT2D eigenvalue weighted by Gasteiger charge is -2.59. The zero-order chi connectivity index (χ0) is 19.7. The third-order valence-electron chi connectivity index (χ3n) is 6.03. The standard InChI is InChI=1S/C20H29F2NO4/c1-18(24-3)19(2,25-4)27-17-16(26-18)11-23(14-20(17,12-21)13-22)10-15-8-6-5-7-9-15/h5-9,16-17H,10-14H2,1-4H3/t16-,17+,18+,19+/m1/s1. The number of hydrogen-bond donors (Lipinski definition) is 0. The first-order valence-corrected chi connectivity index (χ1v) is 9.19. The number of piperidine rings is 1. The second-order valence-electron chi connectivity index (χ2n) is 7.78. The topological polar surface area (TPSA) is 40.2 Å². The van der Waals surface area contributed by atoms with E-state index < -0.39 is 42.5 Å². The van der Waals surface area contributed by atoms with Gasteiger partial charge in [0.1, 0.15) is 25.6 Å². The van der Waals surface area contributed by atoms with Crippen molar-refractivity contribution in [2.45, 2.75) is 44.2 Å². The average molecular weight is 385 g/mol. The van der Waals surface area contributed by atoms with Crippen LogP contribution in [0.3, 0.4) is 0 Å². The summed E-state index contributed by atoms with van der Waals surface area (Å²) in [5, 5.41) is 0. The molecule has 2 aliphatic rings. The van der Waals surface area contributed by atoms with Gasteiger partial charge in [-0.1, -0.05) is 30.3 Å². The molecule has 0 N–H and O–H groups in total. The third kappa shape index (κ3) is 3.51. The Morgan fingerprint density at radius 3 is 2.19 bits per heavy atom. The number of nitrogens with zero attached hydrogens (tertiary/aromatic N) is 1. The van der Waals surface area contributed by atoms with Gasteiger partial charge >= 0.3 is 0 Å². The summed E-state index contributed by atoms with van der Waals surface area (Å²) in [4.78, 5) is 2.02. The van der Waals surface area contributed by atoms with Gasteiger partial charge in [0, 0.05) is 33.9 Å². The van der Waals surface area contributed by atoms with Gasteiger partial charge in [-0.05, 0) is 19.4 Å². The summed E-state index contributed by atoms with van der Waals surface area (Å²) >= 11 is 0. The molecule has 1 aromatic carbocycles. The average Bonchev–Trinajstić information content (AvgIpc) is 2.69. The summed E-state index contributed by atoms with van der Waals surface area (Å²) in [5.74, 6) is -2.48. The Balaban J connectivity index is 1.90. The van der Waals surface area contributed by atoms with Crippen LogP contribution < -0.4 is 0 Å². The molecule has 0 unspecified atom stereocenters. The second kappa shape index (κ2) is 7.72. The van der Waals surface area contributed by atoms with E-state index in [1.807, 2.05) is 35.2 Å². The zero-order valence-corrected chi connectivity index (χ0v) is 16.4. The van der Waals surface area contributed by atoms with Crippen LogP contribution in [0, 0.1) is 5.41 Å². The smallest absolute Gasteiger partial charge is 0.220 e. The van der Waals surface area contributed by atoms with Crippen molar-refractivity contribution in [3.8, 4) is 0 Å². The summed E-state index contributed by atoms with van der Waals surface area (Å²) in [6.07, 6.45) is -1.31. The molecule has 2 saturated heterocycles. The van der Waals surface area contributed by atoms with E-state index in [0.717, 1.165) is 5.56 Å². The molecule has 152 valence electrons. The molecule has 2 aliphatic heterocycles. The van der Waals surface area contributed by atoms with Crippen LogP contribution in [0.1, 0.15) is 19.4 Å². The van der Waals surface area contributed by atoms with E-state index in [2.05, 4.69) is 0 Å². The van der Waals surface area contributed by atoms with Crippen LogP contribution in [-0.4, -0.2) is 69.3 Å². The minimum atomic E-state index is -1.31. The Morgan fingerprint density at radius 1 is 1.04 bits per heavy atom. The van der Waals surface area contributed by atoms with Gasteiger partial charge in [-0.3, -0.25) is 13.7 Å². The molecule has 0 aliphatic carbocycles. The van der Waals surface area contributed by atoms with Crippen molar-refractivity contribution >= 4 is 0 Å². The normalized spacial score (nSPS) is 36.4. The highest BCUT2D eigenvalue weighted by molar-refractivity contribution is 5.15. The molecule has 2 fully saturated rings. The van der Waals surface area contributed by atoms with Gasteiger partial charge in [-0.2, -0.15) is 0 Å². The molecular formula is C20H29F2NO4. The van der Waals surface area contributed by atoms with E-state index in [1.54, 1.807) is 13.8 Å². The molecule has 0 aromatic heterocycles. The van der Waals surface area contributed by atoms with Gasteiger partial charge in [-0.25, -0.2) is 0 Å². The van der Waals surface area contributed by atoms with E-state index in [1.165, 1.54) is 14.2 Å². The van der Waals surface area contributed by atoms with Gasteiger partial charge in [0.05, 0.1) is 5.41 Å². The Hall–Kier alpha value is -1.12. The molecule has 0 bridgehead atoms. The van der Waals surface area contributed by atoms with E-state index >= 15 is 0 Å². The first-order valence-electron chi connectivity index (χ1n) is 9.19. The van der Waals surface area contributed by atoms with Crippen molar-refractivity contribution in [1.29, 1.82) is 0 Å². The van der Waals surface area contributed by atoms with Crippen LogP contribution in [0.25, 0.3) is 0 Å². The monoisotopic (exact) mass is 385 g/mol. The Labute approximate surface area is 159 Å². The van der Waals surface area contributed by atoms with Crippen LogP contribution in [0.5, 0.6) is 0 Å². The Kier molecular flexibility index (Phi) is 5.89. The lowest BCUT2D eigenvalue weighted by Crippen LogP contribution is -2.73. The van der Waals surface area contributed by atoms with Gasteiger partial charge in [-0.15, -0.1) is 0 Å². The van der Waals surface area contributed by atoms with E-state index in [0.29, 0.717) is 13.1 Å². The van der Waals surface area contributed by atoms with E-state index in [4.69, 9.17) is 18.9 Å². The lowest BCUT2D eigenvalue weighted by atomic mass is 9.76. The number of benzene rings is 1. The zero-order valence-electron chi connectivity index (χ0n) is 16.4. The summed E-state index contributed by atoms with van der Waals surface area (Å²) in [6.45, 7) is 3.01. The number of halogens is 2. The Morgan fingerprint density at radius 2 is 1.63 bits per heavy atom. The number of ether oxygens (including phenoxy) is 4. The largest absolute Gasteiger partial charge is 0.349 e. The SMILES string of the molecule is CO[C@@]1(C)O[C@@H]2CN(Cc3ccccc3)CC(CF)(CF)[C@H]2O[C@]1(C)OC. The summed E-state index contributed by atoms with van der Waals surface area (Å²) in [7, 11) is 2.97. The van der Waals surface area contributed by atoms with Crippen LogP contribution >= 0.6 is 0 Å². The van der Waals surface area contributed by atoms with Crippen molar-refractivity contribution in [3.05, 3.63) is 35.9 Å². The van der Waals surface area contributed by atoms with Gasteiger partial charge in [0.2, 0.25) is 11.6 Å². The molecule has 0 amide bonds. The highest BCUT2D eigenvalue weighted by atomic mass is 19.1. The number of fused-ring (bicyclic) bond motifs is 1. The Bertz CT molecular complexity index is 630. The van der Waals surface area contributed by atoms with Gasteiger partial charge in [0.15, 0.2) is 0 Å². The van der Waals surface area contributed by atoms with Crippen molar-refractivity contribution in [2.24, 2.45) is 5.41 Å². The van der Waals surface area contributed by atoms with Gasteiger partial charge in [0.25, 0.3) is 0 Å². The molecule has 0 spiro atoms. The number of alkyl halides is 2. The summed E-state index contributed by atoms with van der Waals surface area (Å²) in [6, 6.07) is 9.84. The van der Waals surface area contributed by atoms with E-state index in [9.17, 15) is 8.78 Å². The van der Waals surface area contributed by atoms with Crippen LogP contribution in [0.15, 0.2) is 30.3 Å². The minimum absolute atomic E-state index is 0.239. The predicted octanol–water partition coefficient (Wildman–Crippen LogP) is 2.94. The first kappa shape index (κ1) is 20.6. The van der Waals surface area contributed by atoms with Crippen molar-refractivity contribution in [1.82, 2.24) is 4.90 Å². The molecule has 3 rings (SSSR count). The number of likely N-dealkylation sites (tertiary alicyclic amines) is 1. The van der Waals surface area contributed by atoms with Gasteiger partial charge < -0.3 is 18.9 Å². The second-order valence-corrected chi connectivity index (χ2v) is 7.78. The molecule has 27 heavy (non-hydrogen) atoms. The molecule has 5 nitrogen and oxygen atoms in total. The first-order chi connectivity index (χ1) is 12.8. The number of methoxy groups -OCH3 is 2. The van der Waals surface area contributed by atoms with Crippen LogP contribution in [-0.2, 0) is 25.5 Å². The maximum Gasteiger partial charge on any atom is 0.220 e. The predicted molar refractivity (Wildman–Crippen MR) is 96.7 cm³/mol. The van der Waals surface area contributed by atoms with Crippen molar-refractivity contribution in [2.75, 3.05) is 40.7 Å². The molecular weight excluding hydrogens is 356 g/mol. The van der Waals surface area contributed by atoms with Crippen LogP contribution in [0.4, 0.5) is 8.78 Å². The number of hydrogen-bond acceptors (Lipinski definition) is 5. The summed E-state index contributed by atoms with van der Waals surface area (Å²) < 4.78 is 51.8. The van der Waals surface area contributed by atoms with E-state index in [-0.39, 0.29) is 6.54 Å². The lowest BCUT2D eigenvalue weighted by molar-refractivity contribution is -0.464. The maximum atomic E-state index is 14.2. The summed E-state index contributed by atoms with van der Waals surface area (Å²) in [5.41, 5.74) is -0.234. The highest BCUT2D eigenvalue weighted by Crippen LogP contribution is 2.47. The molecule has 7 heteroatoms. The fourth-order valence-corrected chi connectivity index (χ4v) is 4.09. The number of rotatable bonds is 6. The molecule has 0 saturated carbocycles. The van der Waals surface area contributed by atoms with Crippen LogP contribution in [0.2, 0.25) is 0 Å². The quantitative estimate of drug-likeness (QED) is 0.753. The van der Waals surface area contributed by atoms with Crippen molar-refractivity contribution in [3.63, 3.8) is 0 Å². The fourth-order valence-electron chi connectivity index (χ4n) is 4.09. The minimum Gasteiger partial charge on any atom is -0.349 e. The third-order valence-corrected chi connectivity index (χ3v) is 6.03. The fraction of sp³-hybridized carbons (Fsp3) is 0.700. The molecule has 4 atom stereocenters. The molecule has 2 heterocycles. The molecule has 0 radical (unpaired) electrons. The maximum absolute atomic E-state index is 14.2. The van der Waals surface area contributed by atoms with Crippen molar-refractivity contribution < 1.29 is 27.7 Å². The molecule has 1 aromatic rings. The highest BCUT2D eigenvalue weighted by Gasteiger charge is 2.63.